The largest absolute Gasteiger partial charge is 0.468 e. The Morgan fingerprint density at radius 1 is 1.12 bits per heavy atom. The predicted octanol–water partition coefficient (Wildman–Crippen LogP) is 3.11. The van der Waals surface area contributed by atoms with E-state index < -0.39 is 22.5 Å². The average molecular weight is 520 g/mol. The van der Waals surface area contributed by atoms with Gasteiger partial charge in [-0.2, -0.15) is 9.41 Å². The number of sulfonamides is 1. The topological polar surface area (TPSA) is 110 Å². The van der Waals surface area contributed by atoms with Crippen molar-refractivity contribution in [1.82, 2.24) is 9.73 Å². The van der Waals surface area contributed by atoms with Gasteiger partial charge in [-0.1, -0.05) is 18.2 Å². The Hall–Kier alpha value is -3.15. The summed E-state index contributed by atoms with van der Waals surface area (Å²) in [6.07, 6.45) is 2.86. The van der Waals surface area contributed by atoms with E-state index in [1.807, 2.05) is 0 Å². The zero-order chi connectivity index (χ0) is 22.6. The van der Waals surface area contributed by atoms with Gasteiger partial charge >= 0.3 is 0 Å². The highest BCUT2D eigenvalue weighted by Crippen LogP contribution is 2.36. The third-order valence-electron chi connectivity index (χ3n) is 4.50. The highest BCUT2D eigenvalue weighted by molar-refractivity contribution is 9.10. The summed E-state index contributed by atoms with van der Waals surface area (Å²) in [5.74, 6) is 0.978. The second kappa shape index (κ2) is 9.55. The standard InChI is InChI=1S/C21H18BrN3O6S/c22-18-10-20-19(30-14-31-20)9-15(18)11-23-24-21(26)13-25(12-16-5-4-8-29-16)32(27,28)17-6-2-1-3-7-17/h1-11H,12-14H2,(H,24,26)/b23-11-. The molecular weight excluding hydrogens is 502 g/mol. The maximum Gasteiger partial charge on any atom is 0.255 e. The fourth-order valence-electron chi connectivity index (χ4n) is 2.94. The summed E-state index contributed by atoms with van der Waals surface area (Å²) in [6.45, 7) is -0.410. The van der Waals surface area contributed by atoms with Crippen molar-refractivity contribution < 1.29 is 27.1 Å². The van der Waals surface area contributed by atoms with Crippen LogP contribution >= 0.6 is 15.9 Å². The van der Waals surface area contributed by atoms with Gasteiger partial charge in [-0.05, 0) is 52.3 Å². The Morgan fingerprint density at radius 2 is 1.88 bits per heavy atom. The summed E-state index contributed by atoms with van der Waals surface area (Å²) in [7, 11) is -3.94. The first kappa shape index (κ1) is 22.1. The molecule has 0 spiro atoms. The molecule has 1 aliphatic rings. The van der Waals surface area contributed by atoms with Gasteiger partial charge in [0.05, 0.1) is 30.5 Å². The first-order valence-corrected chi connectivity index (χ1v) is 11.7. The monoisotopic (exact) mass is 519 g/mol. The number of benzene rings is 2. The minimum Gasteiger partial charge on any atom is -0.468 e. The van der Waals surface area contributed by atoms with E-state index in [0.717, 1.165) is 4.31 Å². The van der Waals surface area contributed by atoms with Gasteiger partial charge in [0.2, 0.25) is 16.8 Å². The van der Waals surface area contributed by atoms with E-state index in [9.17, 15) is 13.2 Å². The number of fused-ring (bicyclic) bond motifs is 1. The third-order valence-corrected chi connectivity index (χ3v) is 6.99. The average Bonchev–Trinajstić information content (AvgIpc) is 3.45. The minimum atomic E-state index is -3.94. The summed E-state index contributed by atoms with van der Waals surface area (Å²) in [4.78, 5) is 12.6. The molecule has 11 heteroatoms. The molecule has 2 heterocycles. The lowest BCUT2D eigenvalue weighted by atomic mass is 10.2. The molecule has 0 saturated heterocycles. The molecular formula is C21H18BrN3O6S. The summed E-state index contributed by atoms with van der Waals surface area (Å²) >= 11 is 3.41. The van der Waals surface area contributed by atoms with Gasteiger partial charge in [0.15, 0.2) is 11.5 Å². The van der Waals surface area contributed by atoms with Crippen LogP contribution in [0.5, 0.6) is 11.5 Å². The van der Waals surface area contributed by atoms with Crippen molar-refractivity contribution >= 4 is 38.1 Å². The van der Waals surface area contributed by atoms with Crippen molar-refractivity contribution in [1.29, 1.82) is 0 Å². The third kappa shape index (κ3) is 5.01. The Balaban J connectivity index is 1.47. The quantitative estimate of drug-likeness (QED) is 0.361. The summed E-state index contributed by atoms with van der Waals surface area (Å²) < 4.78 is 43.8. The zero-order valence-corrected chi connectivity index (χ0v) is 19.0. The SMILES string of the molecule is O=C(CN(Cc1ccco1)S(=O)(=O)c1ccccc1)N/N=C\c1cc2c(cc1Br)OCO2. The smallest absolute Gasteiger partial charge is 0.255 e. The lowest BCUT2D eigenvalue weighted by molar-refractivity contribution is -0.121. The molecule has 0 fully saturated rings. The van der Waals surface area contributed by atoms with E-state index >= 15 is 0 Å². The number of ether oxygens (including phenoxy) is 2. The van der Waals surface area contributed by atoms with Crippen molar-refractivity contribution in [2.45, 2.75) is 11.4 Å². The molecule has 1 aliphatic heterocycles. The van der Waals surface area contributed by atoms with E-state index in [0.29, 0.717) is 27.3 Å². The van der Waals surface area contributed by atoms with Crippen LogP contribution in [0.1, 0.15) is 11.3 Å². The number of hydrazone groups is 1. The zero-order valence-electron chi connectivity index (χ0n) is 16.6. The molecule has 0 saturated carbocycles. The molecule has 0 radical (unpaired) electrons. The molecule has 4 rings (SSSR count). The van der Waals surface area contributed by atoms with Crippen LogP contribution in [0.25, 0.3) is 0 Å². The van der Waals surface area contributed by atoms with Crippen LogP contribution in [0.15, 0.2) is 79.7 Å². The van der Waals surface area contributed by atoms with E-state index in [1.54, 1.807) is 42.5 Å². The molecule has 1 amide bonds. The molecule has 9 nitrogen and oxygen atoms in total. The molecule has 1 N–H and O–H groups in total. The molecule has 0 bridgehead atoms. The van der Waals surface area contributed by atoms with Crippen LogP contribution < -0.4 is 14.9 Å². The van der Waals surface area contributed by atoms with Gasteiger partial charge < -0.3 is 13.9 Å². The Bertz CT molecular complexity index is 1230. The van der Waals surface area contributed by atoms with Crippen molar-refractivity contribution in [2.75, 3.05) is 13.3 Å². The fourth-order valence-corrected chi connectivity index (χ4v) is 4.75. The van der Waals surface area contributed by atoms with Gasteiger partial charge in [-0.25, -0.2) is 13.8 Å². The fraction of sp³-hybridized carbons (Fsp3) is 0.143. The van der Waals surface area contributed by atoms with Crippen molar-refractivity contribution in [3.8, 4) is 11.5 Å². The predicted molar refractivity (Wildman–Crippen MR) is 119 cm³/mol. The number of furan rings is 1. The van der Waals surface area contributed by atoms with E-state index in [2.05, 4.69) is 26.5 Å². The van der Waals surface area contributed by atoms with Gasteiger partial charge in [0.1, 0.15) is 5.76 Å². The van der Waals surface area contributed by atoms with Gasteiger partial charge in [0, 0.05) is 10.0 Å². The molecule has 0 aliphatic carbocycles. The Labute approximate surface area is 192 Å². The number of carbonyl (C=O) groups is 1. The Kier molecular flexibility index (Phi) is 6.58. The van der Waals surface area contributed by atoms with E-state index in [1.165, 1.54) is 24.6 Å². The van der Waals surface area contributed by atoms with Gasteiger partial charge in [-0.3, -0.25) is 4.79 Å². The van der Waals surface area contributed by atoms with Crippen molar-refractivity contribution in [2.24, 2.45) is 5.10 Å². The molecule has 0 unspecified atom stereocenters. The number of halogens is 1. The number of nitrogens with zero attached hydrogens (tertiary/aromatic N) is 2. The van der Waals surface area contributed by atoms with Crippen LogP contribution in [0.3, 0.4) is 0 Å². The van der Waals surface area contributed by atoms with E-state index in [4.69, 9.17) is 13.9 Å². The molecule has 32 heavy (non-hydrogen) atoms. The number of amides is 1. The molecule has 2 aromatic carbocycles. The highest BCUT2D eigenvalue weighted by Gasteiger charge is 2.27. The van der Waals surface area contributed by atoms with Crippen molar-refractivity contribution in [3.05, 3.63) is 76.7 Å². The first-order valence-electron chi connectivity index (χ1n) is 9.42. The van der Waals surface area contributed by atoms with Crippen LogP contribution in [-0.2, 0) is 21.4 Å². The highest BCUT2D eigenvalue weighted by atomic mass is 79.9. The van der Waals surface area contributed by atoms with Crippen LogP contribution in [-0.4, -0.2) is 38.2 Å². The summed E-state index contributed by atoms with van der Waals surface area (Å²) in [5.41, 5.74) is 3.01. The van der Waals surface area contributed by atoms with Gasteiger partial charge in [0.25, 0.3) is 5.91 Å². The second-order valence-corrected chi connectivity index (χ2v) is 9.48. The maximum atomic E-state index is 13.1. The first-order chi connectivity index (χ1) is 15.4. The van der Waals surface area contributed by atoms with Crippen LogP contribution in [0.4, 0.5) is 0 Å². The molecule has 166 valence electrons. The lowest BCUT2D eigenvalue weighted by Crippen LogP contribution is -2.39. The van der Waals surface area contributed by atoms with Crippen LogP contribution in [0.2, 0.25) is 0 Å². The number of carbonyl (C=O) groups excluding carboxylic acids is 1. The molecule has 3 aromatic rings. The summed E-state index contributed by atoms with van der Waals surface area (Å²) in [5, 5.41) is 3.94. The number of hydrogen-bond acceptors (Lipinski definition) is 7. The van der Waals surface area contributed by atoms with E-state index in [-0.39, 0.29) is 18.2 Å². The number of hydrogen-bond donors (Lipinski definition) is 1. The summed E-state index contributed by atoms with van der Waals surface area (Å²) in [6, 6.07) is 14.6. The van der Waals surface area contributed by atoms with Crippen molar-refractivity contribution in [3.63, 3.8) is 0 Å². The minimum absolute atomic E-state index is 0.0761. The van der Waals surface area contributed by atoms with Gasteiger partial charge in [-0.15, -0.1) is 0 Å². The van der Waals surface area contributed by atoms with Crippen LogP contribution in [0, 0.1) is 0 Å². The lowest BCUT2D eigenvalue weighted by Gasteiger charge is -2.20. The number of nitrogens with one attached hydrogen (secondary N) is 1. The normalized spacial score (nSPS) is 13.1. The maximum absolute atomic E-state index is 13.1. The Morgan fingerprint density at radius 3 is 2.59 bits per heavy atom. The molecule has 1 aromatic heterocycles. The number of rotatable bonds is 8. The second-order valence-electron chi connectivity index (χ2n) is 6.69. The molecule has 0 atom stereocenters.